The second-order valence-electron chi connectivity index (χ2n) is 4.90. The van der Waals surface area contributed by atoms with Gasteiger partial charge in [-0.2, -0.15) is 0 Å². The molecule has 0 radical (unpaired) electrons. The molecule has 1 aliphatic carbocycles. The van der Waals surface area contributed by atoms with Crippen LogP contribution in [0.3, 0.4) is 0 Å². The van der Waals surface area contributed by atoms with E-state index in [-0.39, 0.29) is 0 Å². The number of hydrogen-bond acceptors (Lipinski definition) is 1. The zero-order chi connectivity index (χ0) is 11.0. The number of aryl methyl sites for hydroxylation is 1. The molecule has 2 heterocycles. The third-order valence-electron chi connectivity index (χ3n) is 3.74. The first-order valence-electron chi connectivity index (χ1n) is 6.29. The summed E-state index contributed by atoms with van der Waals surface area (Å²) in [4.78, 5) is 4.76. The van der Waals surface area contributed by atoms with E-state index < -0.39 is 0 Å². The molecule has 84 valence electrons. The van der Waals surface area contributed by atoms with Crippen LogP contribution in [0.5, 0.6) is 0 Å². The summed E-state index contributed by atoms with van der Waals surface area (Å²) in [6, 6.07) is 6.32. The summed E-state index contributed by atoms with van der Waals surface area (Å²) in [6.07, 6.45) is 9.03. The van der Waals surface area contributed by atoms with Crippen molar-refractivity contribution >= 4 is 5.65 Å². The summed E-state index contributed by atoms with van der Waals surface area (Å²) in [5.74, 6) is 0.702. The minimum atomic E-state index is 0.702. The van der Waals surface area contributed by atoms with E-state index in [1.165, 1.54) is 43.5 Å². The summed E-state index contributed by atoms with van der Waals surface area (Å²) in [5.41, 5.74) is 3.67. The van der Waals surface area contributed by atoms with Gasteiger partial charge in [0.05, 0.1) is 5.69 Å². The minimum absolute atomic E-state index is 0.702. The van der Waals surface area contributed by atoms with Crippen molar-refractivity contribution in [2.75, 3.05) is 0 Å². The lowest BCUT2D eigenvalue weighted by atomic mass is 9.87. The van der Waals surface area contributed by atoms with Gasteiger partial charge in [-0.05, 0) is 31.9 Å². The average molecular weight is 214 g/mol. The molecule has 0 N–H and O–H groups in total. The van der Waals surface area contributed by atoms with Gasteiger partial charge in [-0.15, -0.1) is 0 Å². The molecule has 3 rings (SSSR count). The van der Waals surface area contributed by atoms with Crippen LogP contribution >= 0.6 is 0 Å². The van der Waals surface area contributed by atoms with Crippen LogP contribution in [0, 0.1) is 6.92 Å². The molecular formula is C14H18N2. The van der Waals surface area contributed by atoms with E-state index in [0.717, 1.165) is 5.65 Å². The summed E-state index contributed by atoms with van der Waals surface area (Å²) >= 11 is 0. The van der Waals surface area contributed by atoms with E-state index in [2.05, 4.69) is 35.7 Å². The third-order valence-corrected chi connectivity index (χ3v) is 3.74. The molecule has 0 aromatic carbocycles. The van der Waals surface area contributed by atoms with Gasteiger partial charge in [0.15, 0.2) is 0 Å². The first-order chi connectivity index (χ1) is 7.84. The molecule has 0 atom stereocenters. The molecule has 2 aromatic rings. The number of imidazole rings is 1. The molecule has 0 aliphatic heterocycles. The maximum Gasteiger partial charge on any atom is 0.137 e. The molecule has 16 heavy (non-hydrogen) atoms. The number of aromatic nitrogens is 2. The highest BCUT2D eigenvalue weighted by atomic mass is 15.0. The molecule has 0 spiro atoms. The molecule has 1 aliphatic rings. The van der Waals surface area contributed by atoms with Crippen molar-refractivity contribution in [1.82, 2.24) is 9.38 Å². The van der Waals surface area contributed by atoms with Crippen LogP contribution in [0.1, 0.15) is 49.4 Å². The monoisotopic (exact) mass is 214 g/mol. The van der Waals surface area contributed by atoms with Crippen molar-refractivity contribution < 1.29 is 0 Å². The predicted octanol–water partition coefficient (Wildman–Crippen LogP) is 3.69. The normalized spacial score (nSPS) is 18.1. The predicted molar refractivity (Wildman–Crippen MR) is 65.8 cm³/mol. The fourth-order valence-electron chi connectivity index (χ4n) is 2.76. The number of rotatable bonds is 1. The summed E-state index contributed by atoms with van der Waals surface area (Å²) in [7, 11) is 0. The van der Waals surface area contributed by atoms with Gasteiger partial charge in [0, 0.05) is 17.8 Å². The lowest BCUT2D eigenvalue weighted by molar-refractivity contribution is 0.438. The van der Waals surface area contributed by atoms with Crippen LogP contribution in [-0.4, -0.2) is 9.38 Å². The maximum atomic E-state index is 4.76. The van der Waals surface area contributed by atoms with Crippen LogP contribution in [0.2, 0.25) is 0 Å². The Morgan fingerprint density at radius 1 is 1.19 bits per heavy atom. The van der Waals surface area contributed by atoms with E-state index >= 15 is 0 Å². The highest BCUT2D eigenvalue weighted by Crippen LogP contribution is 2.32. The number of nitrogens with zero attached hydrogens (tertiary/aromatic N) is 2. The fraction of sp³-hybridized carbons (Fsp3) is 0.500. The van der Waals surface area contributed by atoms with Crippen molar-refractivity contribution in [1.29, 1.82) is 0 Å². The number of fused-ring (bicyclic) bond motifs is 1. The fourth-order valence-corrected chi connectivity index (χ4v) is 2.76. The Balaban J connectivity index is 2.01. The van der Waals surface area contributed by atoms with Gasteiger partial charge in [-0.1, -0.05) is 25.3 Å². The van der Waals surface area contributed by atoms with Gasteiger partial charge in [-0.25, -0.2) is 4.98 Å². The maximum absolute atomic E-state index is 4.76. The molecule has 2 aromatic heterocycles. The zero-order valence-electron chi connectivity index (χ0n) is 9.82. The van der Waals surface area contributed by atoms with Crippen molar-refractivity contribution in [3.8, 4) is 0 Å². The molecule has 0 unspecified atom stereocenters. The molecule has 0 saturated heterocycles. The van der Waals surface area contributed by atoms with Gasteiger partial charge in [0.2, 0.25) is 0 Å². The van der Waals surface area contributed by atoms with Crippen LogP contribution in [0.4, 0.5) is 0 Å². The van der Waals surface area contributed by atoms with Gasteiger partial charge < -0.3 is 4.40 Å². The molecule has 0 amide bonds. The number of pyridine rings is 1. The Kier molecular flexibility index (Phi) is 2.43. The van der Waals surface area contributed by atoms with E-state index in [9.17, 15) is 0 Å². The molecule has 1 saturated carbocycles. The quantitative estimate of drug-likeness (QED) is 0.707. The van der Waals surface area contributed by atoms with Gasteiger partial charge in [0.1, 0.15) is 5.65 Å². The lowest BCUT2D eigenvalue weighted by Gasteiger charge is -2.19. The Morgan fingerprint density at radius 2 is 2.00 bits per heavy atom. The van der Waals surface area contributed by atoms with E-state index in [1.54, 1.807) is 0 Å². The smallest absolute Gasteiger partial charge is 0.137 e. The Bertz CT molecular complexity index is 492. The molecule has 0 bridgehead atoms. The van der Waals surface area contributed by atoms with Crippen molar-refractivity contribution in [2.24, 2.45) is 0 Å². The standard InChI is InChI=1S/C14H18N2/c1-11-6-5-9-14-15-13(10-16(11)14)12-7-3-2-4-8-12/h5-6,9-10,12H,2-4,7-8H2,1H3. The van der Waals surface area contributed by atoms with Crippen LogP contribution < -0.4 is 0 Å². The summed E-state index contributed by atoms with van der Waals surface area (Å²) in [6.45, 7) is 2.14. The van der Waals surface area contributed by atoms with E-state index in [1.807, 2.05) is 0 Å². The third kappa shape index (κ3) is 1.62. The largest absolute Gasteiger partial charge is 0.304 e. The lowest BCUT2D eigenvalue weighted by Crippen LogP contribution is -2.04. The van der Waals surface area contributed by atoms with Gasteiger partial charge in [-0.3, -0.25) is 0 Å². The van der Waals surface area contributed by atoms with Crippen LogP contribution in [-0.2, 0) is 0 Å². The average Bonchev–Trinajstić information content (AvgIpc) is 2.76. The summed E-state index contributed by atoms with van der Waals surface area (Å²) in [5, 5.41) is 0. The highest BCUT2D eigenvalue weighted by molar-refractivity contribution is 5.42. The van der Waals surface area contributed by atoms with Crippen LogP contribution in [0.25, 0.3) is 5.65 Å². The van der Waals surface area contributed by atoms with Gasteiger partial charge in [0.25, 0.3) is 0 Å². The molecule has 2 heteroatoms. The SMILES string of the molecule is Cc1cccc2nc(C3CCCCC3)cn12. The van der Waals surface area contributed by atoms with Crippen LogP contribution in [0.15, 0.2) is 24.4 Å². The van der Waals surface area contributed by atoms with Crippen molar-refractivity contribution in [3.63, 3.8) is 0 Å². The Labute approximate surface area is 96.3 Å². The molecule has 1 fully saturated rings. The van der Waals surface area contributed by atoms with Crippen molar-refractivity contribution in [3.05, 3.63) is 35.8 Å². The Hall–Kier alpha value is -1.31. The topological polar surface area (TPSA) is 17.3 Å². The second-order valence-corrected chi connectivity index (χ2v) is 4.90. The Morgan fingerprint density at radius 3 is 2.75 bits per heavy atom. The van der Waals surface area contributed by atoms with Gasteiger partial charge >= 0.3 is 0 Å². The zero-order valence-corrected chi connectivity index (χ0v) is 9.82. The first-order valence-corrected chi connectivity index (χ1v) is 6.29. The highest BCUT2D eigenvalue weighted by Gasteiger charge is 2.18. The van der Waals surface area contributed by atoms with Crippen molar-refractivity contribution in [2.45, 2.75) is 44.9 Å². The summed E-state index contributed by atoms with van der Waals surface area (Å²) < 4.78 is 2.21. The second kappa shape index (κ2) is 3.93. The molecule has 2 nitrogen and oxygen atoms in total. The minimum Gasteiger partial charge on any atom is -0.304 e. The molecular weight excluding hydrogens is 196 g/mol. The van der Waals surface area contributed by atoms with E-state index in [0.29, 0.717) is 5.92 Å². The first kappa shape index (κ1) is 9.88. The number of hydrogen-bond donors (Lipinski definition) is 0. The van der Waals surface area contributed by atoms with E-state index in [4.69, 9.17) is 4.98 Å².